The fourth-order valence-electron chi connectivity index (χ4n) is 1.59. The van der Waals surface area contributed by atoms with E-state index in [1.807, 2.05) is 51.1 Å². The smallest absolute Gasteiger partial charge is 0.0453 e. The zero-order valence-corrected chi connectivity index (χ0v) is 9.49. The molecule has 82 valence electrons. The maximum absolute atomic E-state index is 11.0. The van der Waals surface area contributed by atoms with Crippen molar-refractivity contribution in [3.05, 3.63) is 35.9 Å². The van der Waals surface area contributed by atoms with Gasteiger partial charge in [0.25, 0.3) is 0 Å². The van der Waals surface area contributed by atoms with E-state index >= 15 is 0 Å². The zero-order valence-electron chi connectivity index (χ0n) is 9.49. The summed E-state index contributed by atoms with van der Waals surface area (Å²) in [5.74, 6) is -1.41. The topological polar surface area (TPSA) is 40.1 Å². The summed E-state index contributed by atoms with van der Waals surface area (Å²) in [6, 6.07) is 9.66. The van der Waals surface area contributed by atoms with Crippen LogP contribution < -0.4 is 5.11 Å². The lowest BCUT2D eigenvalue weighted by Crippen LogP contribution is -2.40. The molecule has 0 saturated heterocycles. The van der Waals surface area contributed by atoms with E-state index in [0.29, 0.717) is 6.42 Å². The fourth-order valence-corrected chi connectivity index (χ4v) is 1.59. The Balaban J connectivity index is 2.82. The number of carboxylic acids is 1. The van der Waals surface area contributed by atoms with Gasteiger partial charge in [0, 0.05) is 11.9 Å². The molecular weight excluding hydrogens is 188 g/mol. The van der Waals surface area contributed by atoms with Gasteiger partial charge in [-0.3, -0.25) is 0 Å². The summed E-state index contributed by atoms with van der Waals surface area (Å²) in [6.45, 7) is 5.78. The van der Waals surface area contributed by atoms with Gasteiger partial charge in [0.1, 0.15) is 0 Å². The Bertz CT molecular complexity index is 322. The van der Waals surface area contributed by atoms with Crippen molar-refractivity contribution in [2.45, 2.75) is 27.2 Å². The standard InChI is InChI=1S/C13H18O2/c1-13(2,3)11(12(14)15)9-10-7-5-4-6-8-10/h4-8,11H,9H2,1-3H3,(H,14,15)/p-1/t11-/m0/s1. The van der Waals surface area contributed by atoms with Crippen molar-refractivity contribution < 1.29 is 9.90 Å². The Morgan fingerprint density at radius 3 is 2.20 bits per heavy atom. The van der Waals surface area contributed by atoms with Crippen LogP contribution in [0.5, 0.6) is 0 Å². The van der Waals surface area contributed by atoms with E-state index < -0.39 is 11.9 Å². The fraction of sp³-hybridized carbons (Fsp3) is 0.462. The van der Waals surface area contributed by atoms with Gasteiger partial charge >= 0.3 is 0 Å². The molecule has 0 radical (unpaired) electrons. The van der Waals surface area contributed by atoms with Gasteiger partial charge in [0.2, 0.25) is 0 Å². The lowest BCUT2D eigenvalue weighted by molar-refractivity contribution is -0.314. The van der Waals surface area contributed by atoms with Crippen LogP contribution >= 0.6 is 0 Å². The van der Waals surface area contributed by atoms with Crippen LogP contribution in [0.4, 0.5) is 0 Å². The highest BCUT2D eigenvalue weighted by atomic mass is 16.4. The summed E-state index contributed by atoms with van der Waals surface area (Å²) >= 11 is 0. The Labute approximate surface area is 90.9 Å². The number of rotatable bonds is 3. The summed E-state index contributed by atoms with van der Waals surface area (Å²) in [6.07, 6.45) is 0.534. The summed E-state index contributed by atoms with van der Waals surface area (Å²) in [5.41, 5.74) is 0.774. The van der Waals surface area contributed by atoms with Crippen LogP contribution in [0.25, 0.3) is 0 Å². The number of aliphatic carboxylic acids is 1. The third-order valence-corrected chi connectivity index (χ3v) is 2.61. The van der Waals surface area contributed by atoms with Crippen LogP contribution in [-0.2, 0) is 11.2 Å². The van der Waals surface area contributed by atoms with Crippen molar-refractivity contribution in [2.75, 3.05) is 0 Å². The number of benzene rings is 1. The number of carbonyl (C=O) groups excluding carboxylic acids is 1. The number of carboxylic acid groups (broad SMARTS) is 1. The first kappa shape index (κ1) is 11.8. The molecule has 1 atom stereocenters. The number of hydrogen-bond donors (Lipinski definition) is 0. The highest BCUT2D eigenvalue weighted by Crippen LogP contribution is 2.28. The van der Waals surface area contributed by atoms with Crippen molar-refractivity contribution in [1.29, 1.82) is 0 Å². The van der Waals surface area contributed by atoms with Gasteiger partial charge in [0.15, 0.2) is 0 Å². The number of carbonyl (C=O) groups is 1. The lowest BCUT2D eigenvalue weighted by atomic mass is 9.77. The van der Waals surface area contributed by atoms with E-state index in [1.54, 1.807) is 0 Å². The van der Waals surface area contributed by atoms with Gasteiger partial charge in [-0.15, -0.1) is 0 Å². The third-order valence-electron chi connectivity index (χ3n) is 2.61. The molecule has 0 unspecified atom stereocenters. The normalized spacial score (nSPS) is 13.5. The van der Waals surface area contributed by atoms with Crippen molar-refractivity contribution >= 4 is 5.97 Å². The molecule has 0 N–H and O–H groups in total. The average Bonchev–Trinajstić information content (AvgIpc) is 2.13. The van der Waals surface area contributed by atoms with Crippen LogP contribution in [0.1, 0.15) is 26.3 Å². The van der Waals surface area contributed by atoms with E-state index in [4.69, 9.17) is 0 Å². The second-order valence-electron chi connectivity index (χ2n) is 4.93. The lowest BCUT2D eigenvalue weighted by Gasteiger charge is -2.31. The van der Waals surface area contributed by atoms with Crippen molar-refractivity contribution in [3.8, 4) is 0 Å². The quantitative estimate of drug-likeness (QED) is 0.752. The van der Waals surface area contributed by atoms with Crippen LogP contribution in [0.3, 0.4) is 0 Å². The molecule has 0 amide bonds. The van der Waals surface area contributed by atoms with E-state index in [9.17, 15) is 9.90 Å². The molecule has 0 bridgehead atoms. The van der Waals surface area contributed by atoms with Gasteiger partial charge < -0.3 is 9.90 Å². The first-order chi connectivity index (χ1) is 6.91. The Hall–Kier alpha value is -1.31. The van der Waals surface area contributed by atoms with Gasteiger partial charge in [0.05, 0.1) is 0 Å². The molecule has 0 heterocycles. The maximum atomic E-state index is 11.0. The largest absolute Gasteiger partial charge is 0.550 e. The molecular formula is C13H17O2-. The second kappa shape index (κ2) is 4.47. The SMILES string of the molecule is CC(C)(C)[C@@H](Cc1ccccc1)C(=O)[O-]. The second-order valence-corrected chi connectivity index (χ2v) is 4.93. The molecule has 0 aliphatic heterocycles. The Kier molecular flexibility index (Phi) is 3.51. The van der Waals surface area contributed by atoms with Crippen LogP contribution in [-0.4, -0.2) is 5.97 Å². The van der Waals surface area contributed by atoms with E-state index in [1.165, 1.54) is 0 Å². The number of hydrogen-bond acceptors (Lipinski definition) is 2. The molecule has 0 aromatic heterocycles. The van der Waals surface area contributed by atoms with Gasteiger partial charge in [-0.05, 0) is 17.4 Å². The van der Waals surface area contributed by atoms with Crippen molar-refractivity contribution in [3.63, 3.8) is 0 Å². The predicted octanol–water partition coefficient (Wildman–Crippen LogP) is 1.64. The molecule has 1 aromatic rings. The van der Waals surface area contributed by atoms with E-state index in [2.05, 4.69) is 0 Å². The molecule has 15 heavy (non-hydrogen) atoms. The molecule has 2 nitrogen and oxygen atoms in total. The van der Waals surface area contributed by atoms with Crippen LogP contribution in [0.2, 0.25) is 0 Å². The third kappa shape index (κ3) is 3.39. The van der Waals surface area contributed by atoms with Gasteiger partial charge in [-0.1, -0.05) is 51.1 Å². The molecule has 0 aliphatic rings. The van der Waals surface area contributed by atoms with Crippen LogP contribution in [0, 0.1) is 11.3 Å². The van der Waals surface area contributed by atoms with Gasteiger partial charge in [-0.25, -0.2) is 0 Å². The molecule has 0 spiro atoms. The molecule has 2 heteroatoms. The molecule has 0 aliphatic carbocycles. The summed E-state index contributed by atoms with van der Waals surface area (Å²) in [7, 11) is 0. The molecule has 1 rings (SSSR count). The minimum atomic E-state index is -0.966. The molecule has 1 aromatic carbocycles. The molecule has 0 saturated carbocycles. The van der Waals surface area contributed by atoms with E-state index in [-0.39, 0.29) is 5.41 Å². The Morgan fingerprint density at radius 2 is 1.80 bits per heavy atom. The van der Waals surface area contributed by atoms with Crippen molar-refractivity contribution in [2.24, 2.45) is 11.3 Å². The first-order valence-electron chi connectivity index (χ1n) is 5.16. The highest BCUT2D eigenvalue weighted by molar-refractivity contribution is 5.69. The predicted molar refractivity (Wildman–Crippen MR) is 58.1 cm³/mol. The van der Waals surface area contributed by atoms with Crippen molar-refractivity contribution in [1.82, 2.24) is 0 Å². The first-order valence-corrected chi connectivity index (χ1v) is 5.16. The molecule has 0 fully saturated rings. The Morgan fingerprint density at radius 1 is 1.27 bits per heavy atom. The maximum Gasteiger partial charge on any atom is 0.0453 e. The van der Waals surface area contributed by atoms with Gasteiger partial charge in [-0.2, -0.15) is 0 Å². The monoisotopic (exact) mass is 205 g/mol. The minimum absolute atomic E-state index is 0.269. The average molecular weight is 205 g/mol. The summed E-state index contributed by atoms with van der Waals surface area (Å²) in [5, 5.41) is 11.0. The summed E-state index contributed by atoms with van der Waals surface area (Å²) in [4.78, 5) is 11.0. The highest BCUT2D eigenvalue weighted by Gasteiger charge is 2.25. The van der Waals surface area contributed by atoms with Crippen LogP contribution in [0.15, 0.2) is 30.3 Å². The van der Waals surface area contributed by atoms with E-state index in [0.717, 1.165) is 5.56 Å². The minimum Gasteiger partial charge on any atom is -0.550 e. The zero-order chi connectivity index (χ0) is 11.5. The summed E-state index contributed by atoms with van der Waals surface area (Å²) < 4.78 is 0.